The lowest BCUT2D eigenvalue weighted by Crippen LogP contribution is -2.03. The monoisotopic (exact) mass is 289 g/mol. The molecule has 0 aliphatic heterocycles. The van der Waals surface area contributed by atoms with Gasteiger partial charge in [-0.05, 0) is 18.2 Å². The largest absolute Gasteiger partial charge is 0.397 e. The molecule has 3 nitrogen and oxygen atoms in total. The van der Waals surface area contributed by atoms with Crippen molar-refractivity contribution >= 4 is 36.3 Å². The zero-order valence-electron chi connectivity index (χ0n) is 9.47. The molecule has 0 saturated heterocycles. The molecule has 0 radical (unpaired) electrons. The molecule has 0 spiro atoms. The molecule has 1 aromatic carbocycles. The van der Waals surface area contributed by atoms with E-state index in [1.807, 2.05) is 0 Å². The lowest BCUT2D eigenvalue weighted by molar-refractivity contribution is 0.613. The molecule has 0 fully saturated rings. The van der Waals surface area contributed by atoms with E-state index in [0.717, 1.165) is 0 Å². The Labute approximate surface area is 117 Å². The van der Waals surface area contributed by atoms with Gasteiger partial charge >= 0.3 is 0 Å². The van der Waals surface area contributed by atoms with Crippen LogP contribution < -0.4 is 11.1 Å². The van der Waals surface area contributed by atoms with E-state index >= 15 is 0 Å². The van der Waals surface area contributed by atoms with Crippen molar-refractivity contribution in [2.45, 2.75) is 6.54 Å². The van der Waals surface area contributed by atoms with Gasteiger partial charge in [0.15, 0.2) is 0 Å². The summed E-state index contributed by atoms with van der Waals surface area (Å²) < 4.78 is 13.3. The smallest absolute Gasteiger partial charge is 0.128 e. The quantitative estimate of drug-likeness (QED) is 0.912. The average Bonchev–Trinajstić information content (AvgIpc) is 2.30. The van der Waals surface area contributed by atoms with Crippen molar-refractivity contribution in [3.8, 4) is 0 Å². The van der Waals surface area contributed by atoms with E-state index in [-0.39, 0.29) is 30.6 Å². The Bertz CT molecular complexity index is 477. The minimum atomic E-state index is -0.217. The van der Waals surface area contributed by atoms with Gasteiger partial charge in [0.25, 0.3) is 0 Å². The number of hydrogen-bond acceptors (Lipinski definition) is 3. The molecule has 0 aliphatic rings. The molecule has 0 saturated carbocycles. The fourth-order valence-corrected chi connectivity index (χ4v) is 1.34. The second-order valence-corrected chi connectivity index (χ2v) is 3.42. The third-order valence-electron chi connectivity index (χ3n) is 2.20. The topological polar surface area (TPSA) is 50.9 Å². The van der Waals surface area contributed by atoms with E-state index in [2.05, 4.69) is 10.3 Å². The summed E-state index contributed by atoms with van der Waals surface area (Å²) in [7, 11) is 0. The molecule has 0 amide bonds. The van der Waals surface area contributed by atoms with Crippen LogP contribution in [0, 0.1) is 5.82 Å². The summed E-state index contributed by atoms with van der Waals surface area (Å²) in [5.74, 6) is 0.461. The first-order valence-electron chi connectivity index (χ1n) is 4.94. The van der Waals surface area contributed by atoms with Crippen molar-refractivity contribution in [3.63, 3.8) is 0 Å². The maximum atomic E-state index is 13.3. The molecular weight excluding hydrogens is 276 g/mol. The third kappa shape index (κ3) is 4.39. The van der Waals surface area contributed by atoms with Crippen LogP contribution in [0.3, 0.4) is 0 Å². The molecular formula is C12H14Cl2FN3. The molecule has 0 atom stereocenters. The molecule has 1 heterocycles. The number of nitrogens with zero attached hydrogens (tertiary/aromatic N) is 1. The van der Waals surface area contributed by atoms with Gasteiger partial charge in [-0.2, -0.15) is 0 Å². The van der Waals surface area contributed by atoms with Gasteiger partial charge in [0.05, 0.1) is 11.9 Å². The van der Waals surface area contributed by atoms with Crippen molar-refractivity contribution in [2.24, 2.45) is 0 Å². The fourth-order valence-electron chi connectivity index (χ4n) is 1.34. The molecule has 0 unspecified atom stereocenters. The molecule has 2 aromatic rings. The molecule has 0 bridgehead atoms. The SMILES string of the molecule is Cl.Cl.Nc1ccc(NCc2ccccc2F)nc1. The summed E-state index contributed by atoms with van der Waals surface area (Å²) in [5, 5.41) is 3.02. The number of anilines is 2. The predicted octanol–water partition coefficient (Wildman–Crippen LogP) is 3.26. The number of hydrogen-bond donors (Lipinski definition) is 2. The standard InChI is InChI=1S/C12H12FN3.2ClH/c13-11-4-2-1-3-9(11)7-15-12-6-5-10(14)8-16-12;;/h1-6,8H,7,14H2,(H,15,16);2*1H. The van der Waals surface area contributed by atoms with Gasteiger partial charge in [-0.3, -0.25) is 0 Å². The molecule has 0 aliphatic carbocycles. The maximum absolute atomic E-state index is 13.3. The van der Waals surface area contributed by atoms with E-state index in [1.54, 1.807) is 36.5 Å². The Hall–Kier alpha value is -1.52. The third-order valence-corrected chi connectivity index (χ3v) is 2.20. The first-order valence-corrected chi connectivity index (χ1v) is 4.94. The summed E-state index contributed by atoms with van der Waals surface area (Å²) in [4.78, 5) is 4.06. The number of aromatic nitrogens is 1. The highest BCUT2D eigenvalue weighted by molar-refractivity contribution is 5.85. The second kappa shape index (κ2) is 7.74. The normalized spacial score (nSPS) is 8.94. The number of benzene rings is 1. The first kappa shape index (κ1) is 16.5. The summed E-state index contributed by atoms with van der Waals surface area (Å²) >= 11 is 0. The van der Waals surface area contributed by atoms with Gasteiger partial charge in [-0.1, -0.05) is 18.2 Å². The van der Waals surface area contributed by atoms with Crippen molar-refractivity contribution in [1.29, 1.82) is 0 Å². The Morgan fingerprint density at radius 2 is 1.83 bits per heavy atom. The van der Waals surface area contributed by atoms with Crippen LogP contribution in [0.2, 0.25) is 0 Å². The molecule has 18 heavy (non-hydrogen) atoms. The molecule has 98 valence electrons. The van der Waals surface area contributed by atoms with Crippen LogP contribution in [-0.4, -0.2) is 4.98 Å². The summed E-state index contributed by atoms with van der Waals surface area (Å²) in [6, 6.07) is 10.1. The molecule has 6 heteroatoms. The fraction of sp³-hybridized carbons (Fsp3) is 0.0833. The molecule has 1 aromatic heterocycles. The van der Waals surface area contributed by atoms with Crippen LogP contribution in [0.5, 0.6) is 0 Å². The number of nitrogens with one attached hydrogen (secondary N) is 1. The van der Waals surface area contributed by atoms with E-state index in [4.69, 9.17) is 5.73 Å². The van der Waals surface area contributed by atoms with Crippen molar-refractivity contribution in [1.82, 2.24) is 4.98 Å². The van der Waals surface area contributed by atoms with Gasteiger partial charge in [0.1, 0.15) is 11.6 Å². The highest BCUT2D eigenvalue weighted by Gasteiger charge is 2.00. The van der Waals surface area contributed by atoms with Crippen LogP contribution >= 0.6 is 24.8 Å². The number of halogens is 3. The van der Waals surface area contributed by atoms with Crippen LogP contribution in [0.15, 0.2) is 42.6 Å². The van der Waals surface area contributed by atoms with E-state index in [1.165, 1.54) is 6.07 Å². The Balaban J connectivity index is 0.00000144. The van der Waals surface area contributed by atoms with Crippen molar-refractivity contribution in [3.05, 3.63) is 54.0 Å². The number of pyridine rings is 1. The van der Waals surface area contributed by atoms with Crippen LogP contribution in [0.25, 0.3) is 0 Å². The van der Waals surface area contributed by atoms with Gasteiger partial charge in [-0.25, -0.2) is 9.37 Å². The zero-order valence-corrected chi connectivity index (χ0v) is 11.1. The maximum Gasteiger partial charge on any atom is 0.128 e. The number of nitrogens with two attached hydrogens (primary N) is 1. The summed E-state index contributed by atoms with van der Waals surface area (Å²) in [5.41, 5.74) is 6.73. The average molecular weight is 290 g/mol. The lowest BCUT2D eigenvalue weighted by atomic mass is 10.2. The second-order valence-electron chi connectivity index (χ2n) is 3.42. The van der Waals surface area contributed by atoms with Gasteiger partial charge in [-0.15, -0.1) is 24.8 Å². The highest BCUT2D eigenvalue weighted by atomic mass is 35.5. The summed E-state index contributed by atoms with van der Waals surface area (Å²) in [6.45, 7) is 0.406. The molecule has 3 N–H and O–H groups in total. The van der Waals surface area contributed by atoms with Crippen LogP contribution in [0.4, 0.5) is 15.9 Å². The van der Waals surface area contributed by atoms with Crippen molar-refractivity contribution < 1.29 is 4.39 Å². The van der Waals surface area contributed by atoms with Gasteiger partial charge in [0, 0.05) is 12.1 Å². The lowest BCUT2D eigenvalue weighted by Gasteiger charge is -2.06. The van der Waals surface area contributed by atoms with Crippen LogP contribution in [-0.2, 0) is 6.54 Å². The minimum Gasteiger partial charge on any atom is -0.397 e. The van der Waals surface area contributed by atoms with Gasteiger partial charge < -0.3 is 11.1 Å². The van der Waals surface area contributed by atoms with E-state index in [0.29, 0.717) is 23.6 Å². The van der Waals surface area contributed by atoms with E-state index in [9.17, 15) is 4.39 Å². The van der Waals surface area contributed by atoms with Gasteiger partial charge in [0.2, 0.25) is 0 Å². The first-order chi connectivity index (χ1) is 7.75. The minimum absolute atomic E-state index is 0. The van der Waals surface area contributed by atoms with E-state index < -0.39 is 0 Å². The molecule has 2 rings (SSSR count). The Morgan fingerprint density at radius 1 is 1.11 bits per heavy atom. The zero-order chi connectivity index (χ0) is 11.4. The van der Waals surface area contributed by atoms with Crippen molar-refractivity contribution in [2.75, 3.05) is 11.1 Å². The Kier molecular flexibility index (Phi) is 7.08. The number of nitrogen functional groups attached to an aromatic ring is 1. The summed E-state index contributed by atoms with van der Waals surface area (Å²) in [6.07, 6.45) is 1.56. The number of rotatable bonds is 3. The Morgan fingerprint density at radius 3 is 2.44 bits per heavy atom. The predicted molar refractivity (Wildman–Crippen MR) is 76.9 cm³/mol. The van der Waals surface area contributed by atoms with Crippen LogP contribution in [0.1, 0.15) is 5.56 Å². The highest BCUT2D eigenvalue weighted by Crippen LogP contribution is 2.10.